The summed E-state index contributed by atoms with van der Waals surface area (Å²) in [4.78, 5) is 12.0. The van der Waals surface area contributed by atoms with Gasteiger partial charge < -0.3 is 4.74 Å². The van der Waals surface area contributed by atoms with Crippen molar-refractivity contribution in [1.82, 2.24) is 4.31 Å². The summed E-state index contributed by atoms with van der Waals surface area (Å²) >= 11 is 0. The number of hydrogen-bond acceptors (Lipinski definition) is 4. The molecule has 5 nitrogen and oxygen atoms in total. The average molecular weight is 426 g/mol. The van der Waals surface area contributed by atoms with Crippen LogP contribution in [-0.4, -0.2) is 44.1 Å². The number of methoxy groups -OCH3 is 1. The van der Waals surface area contributed by atoms with Crippen molar-refractivity contribution < 1.29 is 17.9 Å². The molecule has 0 aliphatic carbocycles. The fraction of sp³-hybridized carbons (Fsp3) is 0.292. The summed E-state index contributed by atoms with van der Waals surface area (Å²) in [6, 6.07) is 16.6. The first kappa shape index (κ1) is 22.0. The van der Waals surface area contributed by atoms with Crippen molar-refractivity contribution in [3.05, 3.63) is 78.4 Å². The summed E-state index contributed by atoms with van der Waals surface area (Å²) < 4.78 is 31.9. The van der Waals surface area contributed by atoms with Gasteiger partial charge in [-0.2, -0.15) is 4.31 Å². The maximum atomic E-state index is 12.9. The molecule has 0 amide bonds. The van der Waals surface area contributed by atoms with Crippen LogP contribution in [0.25, 0.3) is 16.7 Å². The SMILES string of the molecule is C=CC[C@@H](C(=O)OC)S(=O)(=O)N1CC=C(c2ccc(-c3ccccc3)c(C)c2)CC1. The van der Waals surface area contributed by atoms with Gasteiger partial charge in [-0.15, -0.1) is 6.58 Å². The molecule has 0 unspecified atom stereocenters. The first-order chi connectivity index (χ1) is 14.4. The zero-order valence-electron chi connectivity index (χ0n) is 17.4. The molecule has 0 N–H and O–H groups in total. The number of benzene rings is 2. The van der Waals surface area contributed by atoms with Crippen LogP contribution in [0.4, 0.5) is 0 Å². The van der Waals surface area contributed by atoms with Crippen LogP contribution in [-0.2, 0) is 19.6 Å². The molecular weight excluding hydrogens is 398 g/mol. The lowest BCUT2D eigenvalue weighted by molar-refractivity contribution is -0.140. The number of carbonyl (C=O) groups is 1. The number of rotatable bonds is 7. The van der Waals surface area contributed by atoms with Gasteiger partial charge in [0.1, 0.15) is 0 Å². The van der Waals surface area contributed by atoms with Crippen molar-refractivity contribution >= 4 is 21.6 Å². The molecule has 0 aromatic heterocycles. The molecule has 0 bridgehead atoms. The topological polar surface area (TPSA) is 63.7 Å². The lowest BCUT2D eigenvalue weighted by Crippen LogP contribution is -2.44. The van der Waals surface area contributed by atoms with Crippen LogP contribution in [0.5, 0.6) is 0 Å². The highest BCUT2D eigenvalue weighted by atomic mass is 32.2. The molecule has 0 radical (unpaired) electrons. The van der Waals surface area contributed by atoms with Crippen molar-refractivity contribution in [3.8, 4) is 11.1 Å². The van der Waals surface area contributed by atoms with Gasteiger partial charge in [0.25, 0.3) is 0 Å². The fourth-order valence-electron chi connectivity index (χ4n) is 3.75. The third-order valence-corrected chi connectivity index (χ3v) is 7.57. The number of ether oxygens (including phenoxy) is 1. The van der Waals surface area contributed by atoms with E-state index in [-0.39, 0.29) is 13.0 Å². The van der Waals surface area contributed by atoms with Gasteiger partial charge in [0, 0.05) is 13.1 Å². The van der Waals surface area contributed by atoms with E-state index in [0.717, 1.165) is 11.1 Å². The lowest BCUT2D eigenvalue weighted by atomic mass is 9.94. The van der Waals surface area contributed by atoms with Crippen LogP contribution < -0.4 is 0 Å². The second kappa shape index (κ2) is 9.41. The Kier molecular flexibility index (Phi) is 6.90. The maximum Gasteiger partial charge on any atom is 0.325 e. The second-order valence-corrected chi connectivity index (χ2v) is 9.43. The maximum absolute atomic E-state index is 12.9. The molecule has 30 heavy (non-hydrogen) atoms. The highest BCUT2D eigenvalue weighted by Crippen LogP contribution is 2.30. The summed E-state index contributed by atoms with van der Waals surface area (Å²) in [6.45, 7) is 6.22. The zero-order chi connectivity index (χ0) is 21.7. The molecule has 0 fully saturated rings. The first-order valence-corrected chi connectivity index (χ1v) is 11.4. The smallest absolute Gasteiger partial charge is 0.325 e. The van der Waals surface area contributed by atoms with Gasteiger partial charge in [-0.25, -0.2) is 8.42 Å². The van der Waals surface area contributed by atoms with Crippen molar-refractivity contribution in [3.63, 3.8) is 0 Å². The van der Waals surface area contributed by atoms with Crippen LogP contribution in [0.15, 0.2) is 67.3 Å². The number of esters is 1. The Balaban J connectivity index is 1.80. The molecule has 1 aliphatic rings. The van der Waals surface area contributed by atoms with Crippen molar-refractivity contribution in [2.24, 2.45) is 0 Å². The van der Waals surface area contributed by atoms with E-state index < -0.39 is 21.2 Å². The van der Waals surface area contributed by atoms with E-state index in [1.165, 1.54) is 34.2 Å². The van der Waals surface area contributed by atoms with E-state index in [4.69, 9.17) is 0 Å². The molecule has 2 aromatic rings. The highest BCUT2D eigenvalue weighted by molar-refractivity contribution is 7.90. The molecule has 158 valence electrons. The molecule has 2 aromatic carbocycles. The Morgan fingerprint density at radius 3 is 2.50 bits per heavy atom. The standard InChI is InChI=1S/C24H27NO4S/c1-4-8-23(24(26)29-3)30(27,28)25-15-13-19(14-16-25)21-11-12-22(18(2)17-21)20-9-6-5-7-10-20/h4-7,9-13,17,23H,1,8,14-16H2,2-3H3/t23-/m0/s1. The minimum atomic E-state index is -3.81. The fourth-order valence-corrected chi connectivity index (χ4v) is 5.46. The molecule has 1 atom stereocenters. The average Bonchev–Trinajstić information content (AvgIpc) is 2.77. The summed E-state index contributed by atoms with van der Waals surface area (Å²) in [5, 5.41) is -1.25. The van der Waals surface area contributed by atoms with E-state index in [9.17, 15) is 13.2 Å². The zero-order valence-corrected chi connectivity index (χ0v) is 18.2. The predicted molar refractivity (Wildman–Crippen MR) is 120 cm³/mol. The molecule has 0 saturated carbocycles. The number of hydrogen-bond donors (Lipinski definition) is 0. The van der Waals surface area contributed by atoms with Crippen molar-refractivity contribution in [2.45, 2.75) is 25.0 Å². The van der Waals surface area contributed by atoms with Crippen LogP contribution in [0.2, 0.25) is 0 Å². The molecule has 3 rings (SSSR count). The van der Waals surface area contributed by atoms with Crippen LogP contribution in [0.1, 0.15) is 24.0 Å². The molecule has 1 heterocycles. The largest absolute Gasteiger partial charge is 0.468 e. The Morgan fingerprint density at radius 2 is 1.93 bits per heavy atom. The van der Waals surface area contributed by atoms with Gasteiger partial charge in [-0.3, -0.25) is 4.79 Å². The Hall–Kier alpha value is -2.70. The lowest BCUT2D eigenvalue weighted by Gasteiger charge is -2.29. The Bertz CT molecular complexity index is 1060. The van der Waals surface area contributed by atoms with Gasteiger partial charge in [-0.05, 0) is 47.6 Å². The van der Waals surface area contributed by atoms with E-state index in [2.05, 4.69) is 48.6 Å². The normalized spacial score (nSPS) is 15.9. The van der Waals surface area contributed by atoms with Crippen molar-refractivity contribution in [1.29, 1.82) is 0 Å². The number of carbonyl (C=O) groups excluding carboxylic acids is 1. The molecule has 1 aliphatic heterocycles. The Labute approximate surface area is 178 Å². The number of nitrogens with zero attached hydrogens (tertiary/aromatic N) is 1. The summed E-state index contributed by atoms with van der Waals surface area (Å²) in [6.07, 6.45) is 3.98. The molecule has 0 spiro atoms. The summed E-state index contributed by atoms with van der Waals surface area (Å²) in [5.74, 6) is -0.753. The van der Waals surface area contributed by atoms with E-state index in [1.54, 1.807) is 0 Å². The highest BCUT2D eigenvalue weighted by Gasteiger charge is 2.37. The summed E-state index contributed by atoms with van der Waals surface area (Å²) in [5.41, 5.74) is 5.74. The minimum Gasteiger partial charge on any atom is -0.468 e. The van der Waals surface area contributed by atoms with Gasteiger partial charge in [0.15, 0.2) is 5.25 Å². The summed E-state index contributed by atoms with van der Waals surface area (Å²) in [7, 11) is -2.61. The number of allylic oxidation sites excluding steroid dienone is 1. The number of aryl methyl sites for hydroxylation is 1. The third-order valence-electron chi connectivity index (χ3n) is 5.42. The quantitative estimate of drug-likeness (QED) is 0.493. The van der Waals surface area contributed by atoms with Gasteiger partial charge in [0.2, 0.25) is 10.0 Å². The van der Waals surface area contributed by atoms with Gasteiger partial charge in [0.05, 0.1) is 7.11 Å². The first-order valence-electron chi connectivity index (χ1n) is 9.91. The monoisotopic (exact) mass is 425 g/mol. The van der Waals surface area contributed by atoms with Gasteiger partial charge >= 0.3 is 5.97 Å². The minimum absolute atomic E-state index is 0.0300. The third kappa shape index (κ3) is 4.55. The predicted octanol–water partition coefficient (Wildman–Crippen LogP) is 4.20. The number of sulfonamides is 1. The van der Waals surface area contributed by atoms with E-state index in [0.29, 0.717) is 13.0 Å². The Morgan fingerprint density at radius 1 is 1.20 bits per heavy atom. The molecule has 6 heteroatoms. The van der Waals surface area contributed by atoms with Gasteiger partial charge in [-0.1, -0.05) is 60.7 Å². The van der Waals surface area contributed by atoms with E-state index >= 15 is 0 Å². The van der Waals surface area contributed by atoms with E-state index in [1.807, 2.05) is 24.3 Å². The molecule has 0 saturated heterocycles. The van der Waals surface area contributed by atoms with Crippen LogP contribution in [0.3, 0.4) is 0 Å². The van der Waals surface area contributed by atoms with Crippen molar-refractivity contribution in [2.75, 3.05) is 20.2 Å². The molecular formula is C24H27NO4S. The van der Waals surface area contributed by atoms with Crippen LogP contribution >= 0.6 is 0 Å². The van der Waals surface area contributed by atoms with Crippen LogP contribution in [0, 0.1) is 6.92 Å². The second-order valence-electron chi connectivity index (χ2n) is 7.31.